The maximum Gasteiger partial charge on any atom is 0.133 e. The first-order valence-electron chi connectivity index (χ1n) is 8.09. The lowest BCUT2D eigenvalue weighted by Crippen LogP contribution is -2.11. The van der Waals surface area contributed by atoms with Crippen molar-refractivity contribution in [1.82, 2.24) is 9.97 Å². The van der Waals surface area contributed by atoms with Crippen LogP contribution < -0.4 is 5.32 Å². The van der Waals surface area contributed by atoms with E-state index in [-0.39, 0.29) is 0 Å². The summed E-state index contributed by atoms with van der Waals surface area (Å²) >= 11 is 1.99. The lowest BCUT2D eigenvalue weighted by atomic mass is 10.0. The molecule has 1 fully saturated rings. The van der Waals surface area contributed by atoms with Crippen LogP contribution in [0.3, 0.4) is 0 Å². The number of hydrogen-bond acceptors (Lipinski definition) is 4. The van der Waals surface area contributed by atoms with E-state index in [9.17, 15) is 0 Å². The van der Waals surface area contributed by atoms with Gasteiger partial charge in [0.25, 0.3) is 0 Å². The Hall–Kier alpha value is -0.770. The number of nitrogens with zero attached hydrogens (tertiary/aromatic N) is 2. The van der Waals surface area contributed by atoms with Gasteiger partial charge < -0.3 is 5.32 Å². The van der Waals surface area contributed by atoms with Crippen LogP contribution in [0.15, 0.2) is 11.4 Å². The first kappa shape index (κ1) is 15.6. The van der Waals surface area contributed by atoms with Crippen molar-refractivity contribution < 1.29 is 0 Å². The van der Waals surface area contributed by atoms with E-state index in [1.165, 1.54) is 42.7 Å². The Morgan fingerprint density at radius 2 is 1.95 bits per heavy atom. The third-order valence-electron chi connectivity index (χ3n) is 3.78. The average Bonchev–Trinajstić information content (AvgIpc) is 2.49. The molecule has 4 heteroatoms. The molecule has 2 rings (SSSR count). The zero-order valence-electron chi connectivity index (χ0n) is 12.8. The van der Waals surface area contributed by atoms with Gasteiger partial charge in [0.2, 0.25) is 0 Å². The van der Waals surface area contributed by atoms with Gasteiger partial charge in [0.05, 0.1) is 0 Å². The van der Waals surface area contributed by atoms with Crippen molar-refractivity contribution in [2.45, 2.75) is 75.5 Å². The molecule has 1 aliphatic carbocycles. The molecule has 0 unspecified atom stereocenters. The topological polar surface area (TPSA) is 37.8 Å². The van der Waals surface area contributed by atoms with E-state index in [1.54, 1.807) is 6.33 Å². The third kappa shape index (κ3) is 4.37. The molecule has 0 radical (unpaired) electrons. The van der Waals surface area contributed by atoms with Crippen LogP contribution in [0.25, 0.3) is 0 Å². The van der Waals surface area contributed by atoms with Gasteiger partial charge in [-0.05, 0) is 25.7 Å². The number of nitrogens with one attached hydrogen (secondary N) is 1. The van der Waals surface area contributed by atoms with Crippen molar-refractivity contribution in [3.8, 4) is 0 Å². The predicted octanol–water partition coefficient (Wildman–Crippen LogP) is 4.68. The maximum absolute atomic E-state index is 4.57. The molecule has 0 amide bonds. The molecule has 0 aromatic carbocycles. The van der Waals surface area contributed by atoms with Crippen molar-refractivity contribution in [2.24, 2.45) is 0 Å². The largest absolute Gasteiger partial charge is 0.370 e. The fourth-order valence-electron chi connectivity index (χ4n) is 2.71. The second kappa shape index (κ2) is 8.50. The van der Waals surface area contributed by atoms with Crippen LogP contribution in [0.2, 0.25) is 0 Å². The molecular formula is C16H27N3S. The molecule has 3 nitrogen and oxygen atoms in total. The molecule has 0 spiro atoms. The summed E-state index contributed by atoms with van der Waals surface area (Å²) in [5.74, 6) is 1.06. The van der Waals surface area contributed by atoms with E-state index in [0.29, 0.717) is 0 Å². The van der Waals surface area contributed by atoms with Crippen molar-refractivity contribution in [3.05, 3.63) is 11.9 Å². The van der Waals surface area contributed by atoms with Crippen molar-refractivity contribution in [1.29, 1.82) is 0 Å². The predicted molar refractivity (Wildman–Crippen MR) is 87.5 cm³/mol. The van der Waals surface area contributed by atoms with E-state index in [4.69, 9.17) is 0 Å². The molecule has 1 aromatic rings. The number of rotatable bonds is 7. The maximum atomic E-state index is 4.57. The van der Waals surface area contributed by atoms with Crippen molar-refractivity contribution >= 4 is 17.6 Å². The molecule has 1 aliphatic rings. The monoisotopic (exact) mass is 293 g/mol. The van der Waals surface area contributed by atoms with Crippen LogP contribution in [0, 0.1) is 0 Å². The van der Waals surface area contributed by atoms with Gasteiger partial charge >= 0.3 is 0 Å². The van der Waals surface area contributed by atoms with Crippen LogP contribution >= 0.6 is 11.8 Å². The number of anilines is 1. The Kier molecular flexibility index (Phi) is 6.64. The Morgan fingerprint density at radius 3 is 2.65 bits per heavy atom. The van der Waals surface area contributed by atoms with E-state index < -0.39 is 0 Å². The molecule has 1 saturated carbocycles. The van der Waals surface area contributed by atoms with Gasteiger partial charge in [0.1, 0.15) is 17.2 Å². The second-order valence-electron chi connectivity index (χ2n) is 5.56. The standard InChI is InChI=1S/C16H27N3S/c1-3-8-14-15(17-11-4-2)18-12-19-16(14)20-13-9-6-5-7-10-13/h12-13H,3-11H2,1-2H3,(H,17,18,19). The fraction of sp³-hybridized carbons (Fsp3) is 0.750. The normalized spacial score (nSPS) is 16.3. The molecule has 20 heavy (non-hydrogen) atoms. The molecule has 1 aromatic heterocycles. The van der Waals surface area contributed by atoms with Gasteiger partial charge in [-0.25, -0.2) is 9.97 Å². The van der Waals surface area contributed by atoms with Gasteiger partial charge in [0, 0.05) is 17.4 Å². The molecule has 0 saturated heterocycles. The lowest BCUT2D eigenvalue weighted by Gasteiger charge is -2.22. The van der Waals surface area contributed by atoms with Crippen LogP contribution in [-0.4, -0.2) is 21.8 Å². The number of aromatic nitrogens is 2. The van der Waals surface area contributed by atoms with Crippen LogP contribution in [0.1, 0.15) is 64.4 Å². The highest BCUT2D eigenvalue weighted by molar-refractivity contribution is 7.99. The summed E-state index contributed by atoms with van der Waals surface area (Å²) in [6, 6.07) is 0. The summed E-state index contributed by atoms with van der Waals surface area (Å²) in [5.41, 5.74) is 1.33. The van der Waals surface area contributed by atoms with Crippen molar-refractivity contribution in [3.63, 3.8) is 0 Å². The zero-order valence-corrected chi connectivity index (χ0v) is 13.6. The molecule has 1 N–H and O–H groups in total. The highest BCUT2D eigenvalue weighted by atomic mass is 32.2. The van der Waals surface area contributed by atoms with Gasteiger partial charge in [-0.2, -0.15) is 0 Å². The fourth-order valence-corrected chi connectivity index (χ4v) is 4.04. The SMILES string of the molecule is CCCNc1ncnc(SC2CCCCC2)c1CCC. The summed E-state index contributed by atoms with van der Waals surface area (Å²) in [5, 5.41) is 5.43. The minimum absolute atomic E-state index is 0.758. The van der Waals surface area contributed by atoms with Crippen LogP contribution in [0.4, 0.5) is 5.82 Å². The summed E-state index contributed by atoms with van der Waals surface area (Å²) in [4.78, 5) is 9.02. The Morgan fingerprint density at radius 1 is 1.15 bits per heavy atom. The Balaban J connectivity index is 2.12. The zero-order chi connectivity index (χ0) is 14.2. The highest BCUT2D eigenvalue weighted by Gasteiger charge is 2.18. The molecule has 1 heterocycles. The summed E-state index contributed by atoms with van der Waals surface area (Å²) in [6.45, 7) is 5.40. The molecule has 112 valence electrons. The van der Waals surface area contributed by atoms with Crippen LogP contribution in [-0.2, 0) is 6.42 Å². The highest BCUT2D eigenvalue weighted by Crippen LogP contribution is 2.35. The average molecular weight is 293 g/mol. The van der Waals surface area contributed by atoms with Gasteiger partial charge in [-0.1, -0.05) is 39.5 Å². The molecular weight excluding hydrogens is 266 g/mol. The Bertz CT molecular complexity index is 403. The lowest BCUT2D eigenvalue weighted by molar-refractivity contribution is 0.515. The first-order valence-corrected chi connectivity index (χ1v) is 8.97. The van der Waals surface area contributed by atoms with E-state index >= 15 is 0 Å². The Labute approximate surface area is 127 Å². The van der Waals surface area contributed by atoms with Gasteiger partial charge in [-0.3, -0.25) is 0 Å². The van der Waals surface area contributed by atoms with Crippen LogP contribution in [0.5, 0.6) is 0 Å². The van der Waals surface area contributed by atoms with E-state index in [2.05, 4.69) is 29.1 Å². The number of hydrogen-bond donors (Lipinski definition) is 1. The van der Waals surface area contributed by atoms with Gasteiger partial charge in [-0.15, -0.1) is 11.8 Å². The molecule has 0 aliphatic heterocycles. The smallest absolute Gasteiger partial charge is 0.133 e. The summed E-state index contributed by atoms with van der Waals surface area (Å²) < 4.78 is 0. The van der Waals surface area contributed by atoms with E-state index in [0.717, 1.165) is 36.9 Å². The summed E-state index contributed by atoms with van der Waals surface area (Å²) in [7, 11) is 0. The van der Waals surface area contributed by atoms with E-state index in [1.807, 2.05) is 11.8 Å². The minimum atomic E-state index is 0.758. The number of thioether (sulfide) groups is 1. The van der Waals surface area contributed by atoms with Crippen molar-refractivity contribution in [2.75, 3.05) is 11.9 Å². The minimum Gasteiger partial charge on any atom is -0.370 e. The molecule has 0 atom stereocenters. The first-order chi connectivity index (χ1) is 9.85. The quantitative estimate of drug-likeness (QED) is 0.741. The third-order valence-corrected chi connectivity index (χ3v) is 5.16. The van der Waals surface area contributed by atoms with Gasteiger partial charge in [0.15, 0.2) is 0 Å². The second-order valence-corrected chi connectivity index (χ2v) is 6.85. The summed E-state index contributed by atoms with van der Waals surface area (Å²) in [6.07, 6.45) is 11.9. The molecule has 0 bridgehead atoms.